The maximum absolute atomic E-state index is 13.7. The molecule has 0 heterocycles. The lowest BCUT2D eigenvalue weighted by atomic mass is 9.87. The minimum Gasteiger partial charge on any atom is -0.380 e. The largest absolute Gasteiger partial charge is 0.416 e. The van der Waals surface area contributed by atoms with Crippen molar-refractivity contribution in [2.24, 2.45) is 5.92 Å². The Labute approximate surface area is 110 Å². The topological polar surface area (TPSA) is 12.0 Å². The van der Waals surface area contributed by atoms with Crippen molar-refractivity contribution in [1.29, 1.82) is 0 Å². The summed E-state index contributed by atoms with van der Waals surface area (Å²) in [5, 5.41) is 3.02. The molecule has 0 saturated heterocycles. The quantitative estimate of drug-likeness (QED) is 0.762. The summed E-state index contributed by atoms with van der Waals surface area (Å²) in [4.78, 5) is 0. The highest BCUT2D eigenvalue weighted by atomic mass is 19.4. The number of hydrogen-bond donors (Lipinski definition) is 1. The molecular formula is C14H17F4N. The lowest BCUT2D eigenvalue weighted by molar-refractivity contribution is -0.137. The van der Waals surface area contributed by atoms with Crippen molar-refractivity contribution in [3.8, 4) is 0 Å². The van der Waals surface area contributed by atoms with Crippen molar-refractivity contribution in [3.05, 3.63) is 29.6 Å². The van der Waals surface area contributed by atoms with Gasteiger partial charge >= 0.3 is 6.18 Å². The number of anilines is 1. The van der Waals surface area contributed by atoms with Crippen LogP contribution in [0.1, 0.15) is 38.2 Å². The second-order valence-corrected chi connectivity index (χ2v) is 5.31. The standard InChI is InChI=1S/C14H17F4N/c1-9-3-2-4-11(7-9)19-13-6-5-10(8-12(13)15)14(16,17)18/h5-6,8-9,11,19H,2-4,7H2,1H3. The second kappa shape index (κ2) is 5.39. The first-order valence-corrected chi connectivity index (χ1v) is 6.49. The van der Waals surface area contributed by atoms with E-state index in [0.717, 1.165) is 31.7 Å². The van der Waals surface area contributed by atoms with Gasteiger partial charge in [0.1, 0.15) is 5.82 Å². The molecule has 2 unspecified atom stereocenters. The number of rotatable bonds is 2. The van der Waals surface area contributed by atoms with Gasteiger partial charge in [-0.25, -0.2) is 4.39 Å². The van der Waals surface area contributed by atoms with E-state index in [4.69, 9.17) is 0 Å². The molecule has 1 aliphatic carbocycles. The number of nitrogens with one attached hydrogen (secondary N) is 1. The summed E-state index contributed by atoms with van der Waals surface area (Å²) in [6.45, 7) is 2.14. The van der Waals surface area contributed by atoms with Gasteiger partial charge in [0.2, 0.25) is 0 Å². The molecule has 0 bridgehead atoms. The fourth-order valence-electron chi connectivity index (χ4n) is 2.59. The molecule has 1 aromatic rings. The second-order valence-electron chi connectivity index (χ2n) is 5.31. The molecule has 1 saturated carbocycles. The lowest BCUT2D eigenvalue weighted by Gasteiger charge is -2.28. The first kappa shape index (κ1) is 14.2. The zero-order valence-corrected chi connectivity index (χ0v) is 10.7. The molecule has 1 aromatic carbocycles. The summed E-state index contributed by atoms with van der Waals surface area (Å²) in [5.41, 5.74) is -0.792. The summed E-state index contributed by atoms with van der Waals surface area (Å²) in [6, 6.07) is 2.79. The number of alkyl halides is 3. The van der Waals surface area contributed by atoms with Crippen LogP contribution in [0.3, 0.4) is 0 Å². The third kappa shape index (κ3) is 3.61. The van der Waals surface area contributed by atoms with Crippen LogP contribution in [0, 0.1) is 11.7 Å². The van der Waals surface area contributed by atoms with Gasteiger partial charge in [0.25, 0.3) is 0 Å². The number of hydrogen-bond acceptors (Lipinski definition) is 1. The van der Waals surface area contributed by atoms with Crippen LogP contribution in [0.25, 0.3) is 0 Å². The minimum absolute atomic E-state index is 0.148. The van der Waals surface area contributed by atoms with Crippen molar-refractivity contribution >= 4 is 5.69 Å². The molecule has 0 spiro atoms. The number of halogens is 4. The Morgan fingerprint density at radius 3 is 2.53 bits per heavy atom. The molecular weight excluding hydrogens is 258 g/mol. The van der Waals surface area contributed by atoms with E-state index < -0.39 is 17.6 Å². The van der Waals surface area contributed by atoms with Crippen LogP contribution in [-0.2, 0) is 6.18 Å². The average Bonchev–Trinajstić information content (AvgIpc) is 2.30. The molecule has 5 heteroatoms. The zero-order chi connectivity index (χ0) is 14.0. The molecule has 0 amide bonds. The summed E-state index contributed by atoms with van der Waals surface area (Å²) in [5.74, 6) is -0.267. The van der Waals surface area contributed by atoms with Crippen LogP contribution >= 0.6 is 0 Å². The van der Waals surface area contributed by atoms with Gasteiger partial charge in [-0.2, -0.15) is 13.2 Å². The predicted octanol–water partition coefficient (Wildman–Crippen LogP) is 4.84. The van der Waals surface area contributed by atoms with Crippen molar-refractivity contribution < 1.29 is 17.6 Å². The molecule has 0 radical (unpaired) electrons. The first-order chi connectivity index (χ1) is 8.86. The Morgan fingerprint density at radius 2 is 1.95 bits per heavy atom. The van der Waals surface area contributed by atoms with Gasteiger partial charge in [-0.15, -0.1) is 0 Å². The van der Waals surface area contributed by atoms with E-state index in [-0.39, 0.29) is 11.7 Å². The van der Waals surface area contributed by atoms with Gasteiger partial charge in [0.15, 0.2) is 0 Å². The highest BCUT2D eigenvalue weighted by molar-refractivity contribution is 5.47. The van der Waals surface area contributed by atoms with Crippen LogP contribution in [0.5, 0.6) is 0 Å². The minimum atomic E-state index is -4.50. The zero-order valence-electron chi connectivity index (χ0n) is 10.7. The average molecular weight is 275 g/mol. The highest BCUT2D eigenvalue weighted by Gasteiger charge is 2.31. The maximum atomic E-state index is 13.7. The monoisotopic (exact) mass is 275 g/mol. The summed E-state index contributed by atoms with van der Waals surface area (Å²) < 4.78 is 50.9. The van der Waals surface area contributed by atoms with E-state index in [1.807, 2.05) is 0 Å². The van der Waals surface area contributed by atoms with E-state index in [1.54, 1.807) is 0 Å². The van der Waals surface area contributed by atoms with Crippen LogP contribution < -0.4 is 5.32 Å². The Balaban J connectivity index is 2.09. The van der Waals surface area contributed by atoms with Gasteiger partial charge in [-0.3, -0.25) is 0 Å². The van der Waals surface area contributed by atoms with E-state index in [0.29, 0.717) is 12.0 Å². The SMILES string of the molecule is CC1CCCC(Nc2ccc(C(F)(F)F)cc2F)C1. The fourth-order valence-corrected chi connectivity index (χ4v) is 2.59. The first-order valence-electron chi connectivity index (χ1n) is 6.49. The van der Waals surface area contributed by atoms with E-state index in [9.17, 15) is 17.6 Å². The molecule has 1 nitrogen and oxygen atoms in total. The van der Waals surface area contributed by atoms with Crippen molar-refractivity contribution in [2.75, 3.05) is 5.32 Å². The smallest absolute Gasteiger partial charge is 0.380 e. The third-order valence-corrected chi connectivity index (χ3v) is 3.59. The summed E-state index contributed by atoms with van der Waals surface area (Å²) >= 11 is 0. The predicted molar refractivity (Wildman–Crippen MR) is 66.4 cm³/mol. The van der Waals surface area contributed by atoms with Crippen LogP contribution in [0.4, 0.5) is 23.2 Å². The van der Waals surface area contributed by atoms with Crippen molar-refractivity contribution in [2.45, 2.75) is 44.8 Å². The van der Waals surface area contributed by atoms with Crippen molar-refractivity contribution in [1.82, 2.24) is 0 Å². The molecule has 0 aromatic heterocycles. The Bertz CT molecular complexity index is 442. The molecule has 1 aliphatic rings. The summed E-state index contributed by atoms with van der Waals surface area (Å²) in [6.07, 6.45) is -0.404. The van der Waals surface area contributed by atoms with E-state index in [2.05, 4.69) is 12.2 Å². The van der Waals surface area contributed by atoms with Crippen LogP contribution in [-0.4, -0.2) is 6.04 Å². The lowest BCUT2D eigenvalue weighted by Crippen LogP contribution is -2.26. The van der Waals surface area contributed by atoms with Gasteiger partial charge < -0.3 is 5.32 Å². The number of benzene rings is 1. The van der Waals surface area contributed by atoms with Crippen LogP contribution in [0.2, 0.25) is 0 Å². The highest BCUT2D eigenvalue weighted by Crippen LogP contribution is 2.32. The van der Waals surface area contributed by atoms with E-state index in [1.165, 1.54) is 6.07 Å². The van der Waals surface area contributed by atoms with Gasteiger partial charge in [0.05, 0.1) is 11.3 Å². The molecule has 2 atom stereocenters. The molecule has 19 heavy (non-hydrogen) atoms. The van der Waals surface area contributed by atoms with Gasteiger partial charge in [0, 0.05) is 6.04 Å². The fraction of sp³-hybridized carbons (Fsp3) is 0.571. The van der Waals surface area contributed by atoms with Gasteiger partial charge in [-0.1, -0.05) is 19.8 Å². The van der Waals surface area contributed by atoms with E-state index >= 15 is 0 Å². The van der Waals surface area contributed by atoms with Gasteiger partial charge in [-0.05, 0) is 37.0 Å². The maximum Gasteiger partial charge on any atom is 0.416 e. The Morgan fingerprint density at radius 1 is 1.21 bits per heavy atom. The molecule has 0 aliphatic heterocycles. The van der Waals surface area contributed by atoms with Crippen molar-refractivity contribution in [3.63, 3.8) is 0 Å². The summed E-state index contributed by atoms with van der Waals surface area (Å²) in [7, 11) is 0. The molecule has 106 valence electrons. The molecule has 2 rings (SSSR count). The molecule has 1 N–H and O–H groups in total. The van der Waals surface area contributed by atoms with Crippen LogP contribution in [0.15, 0.2) is 18.2 Å². The normalized spacial score (nSPS) is 24.3. The third-order valence-electron chi connectivity index (χ3n) is 3.59. The Kier molecular flexibility index (Phi) is 4.02. The molecule has 1 fully saturated rings. The Hall–Kier alpha value is -1.26.